The highest BCUT2D eigenvalue weighted by molar-refractivity contribution is 8.03. The minimum atomic E-state index is -1.43. The standard InChI is InChI=1S/C9H9NO6S/c1-16-5-6(11)10-4(9(14)15)3(8(12)13)2-17-7(5)10/h2,4-5,7H,1H3,(H,12,13)(H,14,15)/t4?,5-,7?/m1/s1. The van der Waals surface area contributed by atoms with Gasteiger partial charge in [-0.15, -0.1) is 11.8 Å². The fourth-order valence-corrected chi connectivity index (χ4v) is 3.11. The van der Waals surface area contributed by atoms with Gasteiger partial charge in [-0.1, -0.05) is 0 Å². The molecule has 0 aliphatic carbocycles. The summed E-state index contributed by atoms with van der Waals surface area (Å²) in [5.74, 6) is -3.19. The summed E-state index contributed by atoms with van der Waals surface area (Å²) in [6, 6.07) is -1.43. The number of rotatable bonds is 3. The zero-order valence-corrected chi connectivity index (χ0v) is 9.51. The maximum Gasteiger partial charge on any atom is 0.334 e. The molecule has 92 valence electrons. The van der Waals surface area contributed by atoms with Crippen molar-refractivity contribution in [1.82, 2.24) is 4.90 Å². The number of β-lactam (4-membered cyclic amide) rings is 1. The summed E-state index contributed by atoms with van der Waals surface area (Å²) in [6.45, 7) is 0. The molecular formula is C9H9NO6S. The minimum absolute atomic E-state index is 0.304. The molecule has 0 bridgehead atoms. The molecule has 1 amide bonds. The third-order valence-electron chi connectivity index (χ3n) is 2.67. The predicted octanol–water partition coefficient (Wildman–Crippen LogP) is -0.662. The molecule has 3 atom stereocenters. The number of nitrogens with zero attached hydrogens (tertiary/aromatic N) is 1. The number of carbonyl (C=O) groups is 3. The van der Waals surface area contributed by atoms with Crippen LogP contribution in [0.5, 0.6) is 0 Å². The summed E-state index contributed by atoms with van der Waals surface area (Å²) in [4.78, 5) is 34.6. The van der Waals surface area contributed by atoms with Crippen molar-refractivity contribution in [3.63, 3.8) is 0 Å². The SMILES string of the molecule is CO[C@@H]1C(=O)N2C(C(=O)O)C(C(=O)O)=CSC12. The molecule has 1 saturated heterocycles. The molecule has 0 spiro atoms. The molecule has 0 radical (unpaired) electrons. The van der Waals surface area contributed by atoms with Gasteiger partial charge >= 0.3 is 11.9 Å². The highest BCUT2D eigenvalue weighted by atomic mass is 32.2. The van der Waals surface area contributed by atoms with Crippen molar-refractivity contribution in [2.75, 3.05) is 7.11 Å². The first-order valence-corrected chi connectivity index (χ1v) is 5.60. The van der Waals surface area contributed by atoms with E-state index in [1.54, 1.807) is 0 Å². The van der Waals surface area contributed by atoms with E-state index in [1.807, 2.05) is 0 Å². The van der Waals surface area contributed by atoms with Crippen LogP contribution in [0.25, 0.3) is 0 Å². The Kier molecular flexibility index (Phi) is 2.84. The van der Waals surface area contributed by atoms with E-state index in [1.165, 1.54) is 12.5 Å². The van der Waals surface area contributed by atoms with Gasteiger partial charge in [-0.3, -0.25) is 4.79 Å². The van der Waals surface area contributed by atoms with Crippen LogP contribution in [0, 0.1) is 0 Å². The Balaban J connectivity index is 2.35. The average Bonchev–Trinajstić information content (AvgIpc) is 2.27. The first-order chi connectivity index (χ1) is 7.99. The topological polar surface area (TPSA) is 104 Å². The van der Waals surface area contributed by atoms with Gasteiger partial charge in [-0.2, -0.15) is 0 Å². The van der Waals surface area contributed by atoms with Gasteiger partial charge in [0.15, 0.2) is 12.1 Å². The van der Waals surface area contributed by atoms with Crippen LogP contribution in [0.4, 0.5) is 0 Å². The quantitative estimate of drug-likeness (QED) is 0.648. The van der Waals surface area contributed by atoms with Crippen LogP contribution >= 0.6 is 11.8 Å². The molecule has 2 N–H and O–H groups in total. The Morgan fingerprint density at radius 2 is 2.12 bits per heavy atom. The van der Waals surface area contributed by atoms with E-state index >= 15 is 0 Å². The van der Waals surface area contributed by atoms with E-state index in [9.17, 15) is 14.4 Å². The van der Waals surface area contributed by atoms with Gasteiger partial charge in [-0.05, 0) is 5.41 Å². The van der Waals surface area contributed by atoms with Crippen LogP contribution in [0.3, 0.4) is 0 Å². The van der Waals surface area contributed by atoms with Gasteiger partial charge in [0.05, 0.1) is 5.57 Å². The first-order valence-electron chi connectivity index (χ1n) is 4.65. The van der Waals surface area contributed by atoms with Crippen LogP contribution in [0.2, 0.25) is 0 Å². The fourth-order valence-electron chi connectivity index (χ4n) is 1.86. The smallest absolute Gasteiger partial charge is 0.334 e. The Morgan fingerprint density at radius 3 is 2.59 bits per heavy atom. The maximum atomic E-state index is 11.6. The van der Waals surface area contributed by atoms with E-state index in [2.05, 4.69) is 0 Å². The van der Waals surface area contributed by atoms with E-state index in [0.29, 0.717) is 0 Å². The molecule has 17 heavy (non-hydrogen) atoms. The van der Waals surface area contributed by atoms with Crippen LogP contribution in [-0.4, -0.2) is 57.6 Å². The number of hydrogen-bond donors (Lipinski definition) is 2. The van der Waals surface area contributed by atoms with E-state index in [0.717, 1.165) is 16.7 Å². The van der Waals surface area contributed by atoms with Crippen molar-refractivity contribution in [2.45, 2.75) is 17.5 Å². The molecule has 0 aromatic rings. The normalized spacial score (nSPS) is 31.4. The number of aliphatic carboxylic acids is 2. The maximum absolute atomic E-state index is 11.6. The summed E-state index contributed by atoms with van der Waals surface area (Å²) in [5.41, 5.74) is -0.304. The number of carboxylic acids is 2. The lowest BCUT2D eigenvalue weighted by Gasteiger charge is -2.49. The summed E-state index contributed by atoms with van der Waals surface area (Å²) in [7, 11) is 1.35. The highest BCUT2D eigenvalue weighted by Crippen LogP contribution is 2.41. The number of amides is 1. The highest BCUT2D eigenvalue weighted by Gasteiger charge is 2.56. The van der Waals surface area contributed by atoms with Crippen molar-refractivity contribution < 1.29 is 29.3 Å². The summed E-state index contributed by atoms with van der Waals surface area (Å²) >= 11 is 1.08. The second-order valence-corrected chi connectivity index (χ2v) is 4.54. The van der Waals surface area contributed by atoms with Crippen LogP contribution in [0.15, 0.2) is 11.0 Å². The van der Waals surface area contributed by atoms with Crippen molar-refractivity contribution >= 4 is 29.6 Å². The lowest BCUT2D eigenvalue weighted by Crippen LogP contribution is -2.70. The number of ether oxygens (including phenoxy) is 1. The largest absolute Gasteiger partial charge is 0.479 e. The van der Waals surface area contributed by atoms with Gasteiger partial charge in [0.2, 0.25) is 0 Å². The Bertz CT molecular complexity index is 433. The molecule has 2 aliphatic heterocycles. The van der Waals surface area contributed by atoms with Crippen molar-refractivity contribution in [1.29, 1.82) is 0 Å². The number of fused-ring (bicyclic) bond motifs is 1. The molecule has 8 heteroatoms. The monoisotopic (exact) mass is 259 g/mol. The summed E-state index contributed by atoms with van der Waals surface area (Å²) < 4.78 is 4.91. The summed E-state index contributed by atoms with van der Waals surface area (Å²) in [5, 5.41) is 18.7. The van der Waals surface area contributed by atoms with E-state index in [-0.39, 0.29) is 5.57 Å². The second-order valence-electron chi connectivity index (χ2n) is 3.55. The van der Waals surface area contributed by atoms with Gasteiger partial charge in [0, 0.05) is 7.11 Å². The first kappa shape index (κ1) is 11.9. The number of carboxylic acid groups (broad SMARTS) is 2. The number of methoxy groups -OCH3 is 1. The predicted molar refractivity (Wildman–Crippen MR) is 56.2 cm³/mol. The number of hydrogen-bond acceptors (Lipinski definition) is 5. The molecule has 1 fully saturated rings. The van der Waals surface area contributed by atoms with Gasteiger partial charge in [0.1, 0.15) is 5.37 Å². The van der Waals surface area contributed by atoms with Gasteiger partial charge < -0.3 is 19.8 Å². The molecule has 0 aromatic heterocycles. The lowest BCUT2D eigenvalue weighted by molar-refractivity contribution is -0.172. The molecular weight excluding hydrogens is 250 g/mol. The van der Waals surface area contributed by atoms with Crippen LogP contribution in [-0.2, 0) is 19.1 Å². The van der Waals surface area contributed by atoms with Crippen molar-refractivity contribution in [2.24, 2.45) is 0 Å². The molecule has 2 heterocycles. The van der Waals surface area contributed by atoms with Gasteiger partial charge in [0.25, 0.3) is 5.91 Å². The molecule has 2 rings (SSSR count). The Labute approximate surface area is 100 Å². The van der Waals surface area contributed by atoms with Crippen molar-refractivity contribution in [3.05, 3.63) is 11.0 Å². The van der Waals surface area contributed by atoms with Gasteiger partial charge in [-0.25, -0.2) is 9.59 Å². The summed E-state index contributed by atoms with van der Waals surface area (Å²) in [6.07, 6.45) is -0.701. The third kappa shape index (κ3) is 1.60. The lowest BCUT2D eigenvalue weighted by atomic mass is 10.00. The third-order valence-corrected chi connectivity index (χ3v) is 3.82. The van der Waals surface area contributed by atoms with E-state index < -0.39 is 35.4 Å². The zero-order chi connectivity index (χ0) is 12.7. The van der Waals surface area contributed by atoms with Crippen LogP contribution in [0.1, 0.15) is 0 Å². The molecule has 2 unspecified atom stereocenters. The van der Waals surface area contributed by atoms with E-state index in [4.69, 9.17) is 14.9 Å². The van der Waals surface area contributed by atoms with Crippen LogP contribution < -0.4 is 0 Å². The average molecular weight is 259 g/mol. The molecule has 7 nitrogen and oxygen atoms in total. The Hall–Kier alpha value is -1.54. The molecule has 0 aromatic carbocycles. The fraction of sp³-hybridized carbons (Fsp3) is 0.444. The molecule has 0 saturated carbocycles. The Morgan fingerprint density at radius 1 is 1.47 bits per heavy atom. The minimum Gasteiger partial charge on any atom is -0.479 e. The number of carbonyl (C=O) groups excluding carboxylic acids is 1. The second kappa shape index (κ2) is 4.04. The number of thioether (sulfide) groups is 1. The van der Waals surface area contributed by atoms with Crippen molar-refractivity contribution in [3.8, 4) is 0 Å². The molecule has 2 aliphatic rings. The zero-order valence-electron chi connectivity index (χ0n) is 8.69.